The van der Waals surface area contributed by atoms with Gasteiger partial charge in [-0.3, -0.25) is 0 Å². The van der Waals surface area contributed by atoms with Crippen LogP contribution in [0.2, 0.25) is 0 Å². The second kappa shape index (κ2) is 5.77. The van der Waals surface area contributed by atoms with Gasteiger partial charge in [-0.05, 0) is 19.8 Å². The Morgan fingerprint density at radius 1 is 1.58 bits per heavy atom. The molecule has 3 nitrogen and oxygen atoms in total. The van der Waals surface area contributed by atoms with E-state index in [9.17, 15) is 0 Å². The summed E-state index contributed by atoms with van der Waals surface area (Å²) >= 11 is 0. The van der Waals surface area contributed by atoms with E-state index in [0.29, 0.717) is 0 Å². The van der Waals surface area contributed by atoms with Gasteiger partial charge in [0.25, 0.3) is 0 Å². The summed E-state index contributed by atoms with van der Waals surface area (Å²) in [6, 6.07) is 0. The average molecular weight is 167 g/mol. The highest BCUT2D eigenvalue weighted by molar-refractivity contribution is 4.85. The third kappa shape index (κ3) is 3.53. The van der Waals surface area contributed by atoms with Crippen molar-refractivity contribution < 1.29 is 4.74 Å². The van der Waals surface area contributed by atoms with Crippen LogP contribution in [0.3, 0.4) is 0 Å². The van der Waals surface area contributed by atoms with Gasteiger partial charge in [0.15, 0.2) is 0 Å². The van der Waals surface area contributed by atoms with Crippen LogP contribution in [0.15, 0.2) is 6.20 Å². The molecule has 0 saturated heterocycles. The molecule has 0 aliphatic heterocycles. The normalized spacial score (nSPS) is 10.4. The minimum absolute atomic E-state index is 0.814. The molecule has 1 radical (unpaired) electrons. The van der Waals surface area contributed by atoms with Crippen LogP contribution in [-0.4, -0.2) is 23.2 Å². The highest BCUT2D eigenvalue weighted by Crippen LogP contribution is 1.98. The van der Waals surface area contributed by atoms with Gasteiger partial charge in [-0.15, -0.1) is 0 Å². The van der Waals surface area contributed by atoms with Crippen molar-refractivity contribution in [1.82, 2.24) is 9.97 Å². The molecular weight excluding hydrogens is 152 g/mol. The first-order valence-corrected chi connectivity index (χ1v) is 4.41. The van der Waals surface area contributed by atoms with Crippen molar-refractivity contribution in [1.29, 1.82) is 0 Å². The number of hydrogen-bond donors (Lipinski definition) is 1. The molecule has 0 bridgehead atoms. The summed E-state index contributed by atoms with van der Waals surface area (Å²) in [6.45, 7) is 3.69. The van der Waals surface area contributed by atoms with E-state index in [4.69, 9.17) is 4.74 Å². The maximum absolute atomic E-state index is 5.21. The van der Waals surface area contributed by atoms with Gasteiger partial charge in [-0.25, -0.2) is 4.98 Å². The van der Waals surface area contributed by atoms with E-state index in [-0.39, 0.29) is 0 Å². The van der Waals surface area contributed by atoms with Crippen molar-refractivity contribution >= 4 is 0 Å². The zero-order valence-corrected chi connectivity index (χ0v) is 7.47. The Kier molecular flexibility index (Phi) is 4.46. The molecule has 3 heteroatoms. The van der Waals surface area contributed by atoms with E-state index in [1.54, 1.807) is 6.20 Å². The number of nitrogens with zero attached hydrogens (tertiary/aromatic N) is 1. The number of aromatic nitrogens is 2. The summed E-state index contributed by atoms with van der Waals surface area (Å²) < 4.78 is 5.21. The molecule has 1 heterocycles. The second-order valence-corrected chi connectivity index (χ2v) is 2.63. The van der Waals surface area contributed by atoms with E-state index in [1.165, 1.54) is 0 Å². The van der Waals surface area contributed by atoms with E-state index in [2.05, 4.69) is 16.2 Å². The minimum atomic E-state index is 0.814. The number of H-pyrrole nitrogens is 1. The third-order valence-corrected chi connectivity index (χ3v) is 1.66. The van der Waals surface area contributed by atoms with Crippen molar-refractivity contribution in [2.75, 3.05) is 13.2 Å². The summed E-state index contributed by atoms with van der Waals surface area (Å²) in [5, 5.41) is 0. The number of rotatable bonds is 6. The Balaban J connectivity index is 1.96. The molecule has 0 atom stereocenters. The van der Waals surface area contributed by atoms with Gasteiger partial charge in [0.2, 0.25) is 0 Å². The average Bonchev–Trinajstić information content (AvgIpc) is 2.57. The fourth-order valence-electron chi connectivity index (χ4n) is 1.03. The van der Waals surface area contributed by atoms with Gasteiger partial charge in [-0.1, -0.05) is 0 Å². The predicted molar refractivity (Wildman–Crippen MR) is 46.9 cm³/mol. The number of ether oxygens (including phenoxy) is 1. The Morgan fingerprint density at radius 3 is 3.17 bits per heavy atom. The summed E-state index contributed by atoms with van der Waals surface area (Å²) in [6.07, 6.45) is 7.71. The molecule has 0 spiro atoms. The van der Waals surface area contributed by atoms with Gasteiger partial charge >= 0.3 is 0 Å². The first-order valence-electron chi connectivity index (χ1n) is 4.41. The van der Waals surface area contributed by atoms with Gasteiger partial charge in [-0.2, -0.15) is 0 Å². The minimum Gasteiger partial charge on any atom is -0.382 e. The zero-order valence-electron chi connectivity index (χ0n) is 7.47. The molecule has 67 valence electrons. The van der Waals surface area contributed by atoms with Crippen molar-refractivity contribution in [2.45, 2.75) is 26.2 Å². The van der Waals surface area contributed by atoms with Crippen LogP contribution < -0.4 is 0 Å². The lowest BCUT2D eigenvalue weighted by Crippen LogP contribution is -1.95. The number of unbranched alkanes of at least 4 members (excludes halogenated alkanes) is 1. The van der Waals surface area contributed by atoms with E-state index >= 15 is 0 Å². The fraction of sp³-hybridized carbons (Fsp3) is 0.667. The molecule has 1 rings (SSSR count). The standard InChI is InChI=1S/C9H15N2O/c1-2-12-8-4-3-5-9-10-6-7-11-9/h6H,2-5,8H2,1H3,(H,10,11). The van der Waals surface area contributed by atoms with Crippen molar-refractivity contribution in [3.63, 3.8) is 0 Å². The second-order valence-electron chi connectivity index (χ2n) is 2.63. The molecule has 0 saturated carbocycles. The van der Waals surface area contributed by atoms with Gasteiger partial charge in [0.1, 0.15) is 12.0 Å². The van der Waals surface area contributed by atoms with Crippen LogP contribution in [0.25, 0.3) is 0 Å². The van der Waals surface area contributed by atoms with E-state index in [1.807, 2.05) is 6.92 Å². The van der Waals surface area contributed by atoms with Crippen LogP contribution in [-0.2, 0) is 11.2 Å². The SMILES string of the molecule is CCOCCCCc1n[c]c[nH]1. The summed E-state index contributed by atoms with van der Waals surface area (Å²) in [5.41, 5.74) is 0. The van der Waals surface area contributed by atoms with Crippen LogP contribution in [0.5, 0.6) is 0 Å². The molecule has 0 aromatic carbocycles. The quantitative estimate of drug-likeness (QED) is 0.653. The largest absolute Gasteiger partial charge is 0.382 e. The van der Waals surface area contributed by atoms with E-state index < -0.39 is 0 Å². The third-order valence-electron chi connectivity index (χ3n) is 1.66. The highest BCUT2D eigenvalue weighted by atomic mass is 16.5. The Morgan fingerprint density at radius 2 is 2.50 bits per heavy atom. The van der Waals surface area contributed by atoms with E-state index in [0.717, 1.165) is 38.3 Å². The molecule has 0 fully saturated rings. The Bertz CT molecular complexity index is 184. The Labute approximate surface area is 73.2 Å². The van der Waals surface area contributed by atoms with Gasteiger partial charge < -0.3 is 9.72 Å². The van der Waals surface area contributed by atoms with Crippen molar-refractivity contribution in [3.8, 4) is 0 Å². The molecule has 0 aliphatic rings. The molecule has 0 aliphatic carbocycles. The lowest BCUT2D eigenvalue weighted by molar-refractivity contribution is 0.143. The number of aryl methyl sites for hydroxylation is 1. The topological polar surface area (TPSA) is 37.9 Å². The Hall–Kier alpha value is -0.830. The van der Waals surface area contributed by atoms with Gasteiger partial charge in [0, 0.05) is 25.8 Å². The van der Waals surface area contributed by atoms with Crippen LogP contribution in [0, 0.1) is 6.20 Å². The summed E-state index contributed by atoms with van der Waals surface area (Å²) in [7, 11) is 0. The summed E-state index contributed by atoms with van der Waals surface area (Å²) in [5.74, 6) is 1.02. The number of imidazole rings is 1. The van der Waals surface area contributed by atoms with Crippen LogP contribution in [0.1, 0.15) is 25.6 Å². The summed E-state index contributed by atoms with van der Waals surface area (Å²) in [4.78, 5) is 7.03. The maximum Gasteiger partial charge on any atom is 0.108 e. The highest BCUT2D eigenvalue weighted by Gasteiger charge is 1.94. The zero-order chi connectivity index (χ0) is 8.65. The van der Waals surface area contributed by atoms with Gasteiger partial charge in [0.05, 0.1) is 0 Å². The molecule has 1 N–H and O–H groups in total. The number of nitrogens with one attached hydrogen (secondary N) is 1. The van der Waals surface area contributed by atoms with Crippen LogP contribution >= 0.6 is 0 Å². The smallest absolute Gasteiger partial charge is 0.108 e. The van der Waals surface area contributed by atoms with Crippen molar-refractivity contribution in [3.05, 3.63) is 18.2 Å². The molecule has 1 aromatic heterocycles. The van der Waals surface area contributed by atoms with Crippen molar-refractivity contribution in [2.24, 2.45) is 0 Å². The predicted octanol–water partition coefficient (Wildman–Crippen LogP) is 1.57. The number of aromatic amines is 1. The molecular formula is C9H15N2O. The lowest BCUT2D eigenvalue weighted by Gasteiger charge is -1.99. The maximum atomic E-state index is 5.21. The molecule has 0 unspecified atom stereocenters. The van der Waals surface area contributed by atoms with Crippen LogP contribution in [0.4, 0.5) is 0 Å². The monoisotopic (exact) mass is 167 g/mol. The first-order chi connectivity index (χ1) is 5.93. The lowest BCUT2D eigenvalue weighted by atomic mass is 10.2. The fourth-order valence-corrected chi connectivity index (χ4v) is 1.03. The molecule has 0 amide bonds. The number of hydrogen-bond acceptors (Lipinski definition) is 2. The molecule has 1 aromatic rings. The first kappa shape index (κ1) is 9.26. The molecule has 12 heavy (non-hydrogen) atoms.